The van der Waals surface area contributed by atoms with Crippen LogP contribution in [0.1, 0.15) is 36.4 Å². The molecule has 3 fully saturated rings. The molecule has 0 spiro atoms. The second-order valence-corrected chi connectivity index (χ2v) is 10.1. The van der Waals surface area contributed by atoms with Gasteiger partial charge >= 0.3 is 0 Å². The van der Waals surface area contributed by atoms with E-state index in [2.05, 4.69) is 19.9 Å². The van der Waals surface area contributed by atoms with Crippen LogP contribution in [0.4, 0.5) is 0 Å². The number of ether oxygens (including phenoxy) is 1. The van der Waals surface area contributed by atoms with Crippen LogP contribution in [0.3, 0.4) is 0 Å². The fraction of sp³-hybridized carbons (Fsp3) is 0.550. The summed E-state index contributed by atoms with van der Waals surface area (Å²) in [6.45, 7) is 4.29. The van der Waals surface area contributed by atoms with Gasteiger partial charge in [0.15, 0.2) is 5.03 Å². The van der Waals surface area contributed by atoms with Gasteiger partial charge in [-0.3, -0.25) is 9.88 Å². The first-order valence-electron chi connectivity index (χ1n) is 10.1. The number of fused-ring (bicyclic) bond motifs is 1. The fourth-order valence-corrected chi connectivity index (χ4v) is 5.68. The largest absolute Gasteiger partial charge is 0.472 e. The summed E-state index contributed by atoms with van der Waals surface area (Å²) in [6.07, 6.45) is 8.26. The predicted octanol–water partition coefficient (Wildman–Crippen LogP) is 1.58. The Morgan fingerprint density at radius 3 is 2.69 bits per heavy atom. The highest BCUT2D eigenvalue weighted by atomic mass is 32.2. The minimum Gasteiger partial charge on any atom is -0.472 e. The summed E-state index contributed by atoms with van der Waals surface area (Å²) in [4.78, 5) is 15.3. The second kappa shape index (κ2) is 7.30. The molecule has 2 aromatic heterocycles. The van der Waals surface area contributed by atoms with Gasteiger partial charge in [-0.05, 0) is 37.5 Å². The topological polar surface area (TPSA) is 88.5 Å². The lowest BCUT2D eigenvalue weighted by molar-refractivity contribution is 0.151. The van der Waals surface area contributed by atoms with Crippen molar-refractivity contribution in [2.45, 2.75) is 49.3 Å². The van der Waals surface area contributed by atoms with Crippen molar-refractivity contribution in [1.29, 1.82) is 0 Å². The summed E-state index contributed by atoms with van der Waals surface area (Å²) in [7, 11) is -3.57. The third-order valence-corrected chi connectivity index (χ3v) is 7.73. The molecule has 0 bridgehead atoms. The van der Waals surface area contributed by atoms with Crippen molar-refractivity contribution >= 4 is 10.0 Å². The van der Waals surface area contributed by atoms with E-state index in [0.29, 0.717) is 31.4 Å². The molecule has 3 aliphatic rings. The van der Waals surface area contributed by atoms with Crippen LogP contribution in [0.2, 0.25) is 0 Å². The van der Waals surface area contributed by atoms with Gasteiger partial charge in [-0.15, -0.1) is 0 Å². The maximum absolute atomic E-state index is 13.0. The molecule has 2 atom stereocenters. The molecule has 0 aromatic carbocycles. The van der Waals surface area contributed by atoms with E-state index in [-0.39, 0.29) is 17.2 Å². The van der Waals surface area contributed by atoms with Crippen molar-refractivity contribution in [3.8, 4) is 5.88 Å². The fourth-order valence-electron chi connectivity index (χ4n) is 4.20. The molecule has 0 unspecified atom stereocenters. The van der Waals surface area contributed by atoms with Crippen molar-refractivity contribution in [2.75, 3.05) is 26.2 Å². The van der Waals surface area contributed by atoms with E-state index < -0.39 is 10.0 Å². The molecular formula is C20H25N5O3S. The molecule has 2 aliphatic heterocycles. The maximum Gasteiger partial charge on any atom is 0.260 e. The Labute approximate surface area is 171 Å². The quantitative estimate of drug-likeness (QED) is 0.733. The van der Waals surface area contributed by atoms with Crippen LogP contribution in [0, 0.1) is 6.92 Å². The molecule has 2 saturated heterocycles. The van der Waals surface area contributed by atoms with Crippen LogP contribution in [-0.2, 0) is 10.0 Å². The number of aryl methyl sites for hydroxylation is 1. The van der Waals surface area contributed by atoms with E-state index in [9.17, 15) is 8.42 Å². The molecule has 154 valence electrons. The predicted molar refractivity (Wildman–Crippen MR) is 106 cm³/mol. The van der Waals surface area contributed by atoms with Crippen molar-refractivity contribution in [2.24, 2.45) is 0 Å². The van der Waals surface area contributed by atoms with E-state index in [0.717, 1.165) is 24.2 Å². The number of pyridine rings is 1. The Balaban J connectivity index is 1.23. The number of piperazine rings is 1. The highest BCUT2D eigenvalue weighted by molar-refractivity contribution is 7.89. The molecule has 1 saturated carbocycles. The Morgan fingerprint density at radius 2 is 1.97 bits per heavy atom. The SMILES string of the molecule is Cc1ccnc(S(=O)(=O)N2CCN3C[C@H](Oc4cnc(C5CC5)cn4)C[C@H]3C2)c1. The van der Waals surface area contributed by atoms with E-state index in [1.165, 1.54) is 12.8 Å². The van der Waals surface area contributed by atoms with Crippen LogP contribution >= 0.6 is 0 Å². The van der Waals surface area contributed by atoms with Gasteiger partial charge in [0.05, 0.1) is 18.1 Å². The standard InChI is InChI=1S/C20H25N5O3S/c1-14-4-5-21-20(8-14)29(26,27)25-7-6-24-13-17(9-16(24)12-25)28-19-11-22-18(10-23-19)15-2-3-15/h4-5,8,10-11,15-17H,2-3,6-7,9,12-13H2,1H3/t16-,17+/m0/s1. The summed E-state index contributed by atoms with van der Waals surface area (Å²) in [5.74, 6) is 1.13. The minimum atomic E-state index is -3.57. The van der Waals surface area contributed by atoms with Crippen molar-refractivity contribution < 1.29 is 13.2 Å². The van der Waals surface area contributed by atoms with Crippen molar-refractivity contribution in [1.82, 2.24) is 24.2 Å². The van der Waals surface area contributed by atoms with Crippen LogP contribution in [0.25, 0.3) is 0 Å². The second-order valence-electron chi connectivity index (χ2n) is 8.21. The van der Waals surface area contributed by atoms with E-state index in [1.54, 1.807) is 28.8 Å². The van der Waals surface area contributed by atoms with Gasteiger partial charge in [-0.2, -0.15) is 4.31 Å². The molecule has 29 heavy (non-hydrogen) atoms. The van der Waals surface area contributed by atoms with Gasteiger partial charge in [-0.25, -0.2) is 18.4 Å². The first-order valence-corrected chi connectivity index (χ1v) is 11.6. The third kappa shape index (κ3) is 3.86. The Bertz CT molecular complexity index is 993. The number of aromatic nitrogens is 3. The highest BCUT2D eigenvalue weighted by Gasteiger charge is 2.41. The Morgan fingerprint density at radius 1 is 1.10 bits per heavy atom. The summed E-state index contributed by atoms with van der Waals surface area (Å²) in [5.41, 5.74) is 1.94. The molecule has 5 rings (SSSR count). The lowest BCUT2D eigenvalue weighted by Gasteiger charge is -2.36. The lowest BCUT2D eigenvalue weighted by Crippen LogP contribution is -2.52. The zero-order valence-electron chi connectivity index (χ0n) is 16.4. The van der Waals surface area contributed by atoms with E-state index in [4.69, 9.17) is 4.74 Å². The smallest absolute Gasteiger partial charge is 0.260 e. The van der Waals surface area contributed by atoms with E-state index in [1.807, 2.05) is 13.1 Å². The van der Waals surface area contributed by atoms with Crippen LogP contribution in [-0.4, -0.2) is 70.9 Å². The summed E-state index contributed by atoms with van der Waals surface area (Å²) in [6, 6.07) is 3.58. The molecule has 0 radical (unpaired) electrons. The number of sulfonamides is 1. The summed E-state index contributed by atoms with van der Waals surface area (Å²) < 4.78 is 33.6. The molecule has 9 heteroatoms. The lowest BCUT2D eigenvalue weighted by atomic mass is 10.2. The first-order chi connectivity index (χ1) is 14.0. The molecular weight excluding hydrogens is 390 g/mol. The molecule has 1 aliphatic carbocycles. The zero-order valence-corrected chi connectivity index (χ0v) is 17.3. The third-order valence-electron chi connectivity index (χ3n) is 5.97. The summed E-state index contributed by atoms with van der Waals surface area (Å²) in [5, 5.41) is 0.128. The zero-order chi connectivity index (χ0) is 20.0. The Hall–Kier alpha value is -2.10. The molecule has 8 nitrogen and oxygen atoms in total. The van der Waals surface area contributed by atoms with Gasteiger partial charge in [0.25, 0.3) is 10.0 Å². The normalized spacial score (nSPS) is 25.7. The van der Waals surface area contributed by atoms with Crippen molar-refractivity contribution in [3.63, 3.8) is 0 Å². The molecule has 0 N–H and O–H groups in total. The maximum atomic E-state index is 13.0. The van der Waals surface area contributed by atoms with Crippen molar-refractivity contribution in [3.05, 3.63) is 42.0 Å². The number of nitrogens with zero attached hydrogens (tertiary/aromatic N) is 5. The number of rotatable bonds is 5. The van der Waals surface area contributed by atoms with Gasteiger partial charge < -0.3 is 4.74 Å². The number of hydrogen-bond acceptors (Lipinski definition) is 7. The average molecular weight is 416 g/mol. The van der Waals surface area contributed by atoms with Crippen LogP contribution < -0.4 is 4.74 Å². The molecule has 4 heterocycles. The highest BCUT2D eigenvalue weighted by Crippen LogP contribution is 2.38. The van der Waals surface area contributed by atoms with Gasteiger partial charge in [0, 0.05) is 50.8 Å². The van der Waals surface area contributed by atoms with Gasteiger partial charge in [0.1, 0.15) is 6.10 Å². The monoisotopic (exact) mass is 415 g/mol. The first kappa shape index (κ1) is 18.9. The number of hydrogen-bond donors (Lipinski definition) is 0. The molecule has 0 amide bonds. The molecule has 2 aromatic rings. The van der Waals surface area contributed by atoms with Gasteiger partial charge in [-0.1, -0.05) is 0 Å². The van der Waals surface area contributed by atoms with Gasteiger partial charge in [0.2, 0.25) is 5.88 Å². The summed E-state index contributed by atoms with van der Waals surface area (Å²) >= 11 is 0. The Kier molecular flexibility index (Phi) is 4.76. The van der Waals surface area contributed by atoms with Crippen LogP contribution in [0.15, 0.2) is 35.7 Å². The van der Waals surface area contributed by atoms with Crippen LogP contribution in [0.5, 0.6) is 5.88 Å². The van der Waals surface area contributed by atoms with E-state index >= 15 is 0 Å². The average Bonchev–Trinajstić information content (AvgIpc) is 3.48. The minimum absolute atomic E-state index is 0.000763.